The molecule has 1 nitrogen and oxygen atoms in total. The monoisotopic (exact) mass is 500 g/mol. The molecule has 32 heavy (non-hydrogen) atoms. The Balaban J connectivity index is 0.000000314. The van der Waals surface area contributed by atoms with E-state index in [-0.39, 0.29) is 0 Å². The zero-order valence-corrected chi connectivity index (χ0v) is 20.2. The molecule has 0 spiro atoms. The summed E-state index contributed by atoms with van der Waals surface area (Å²) in [6, 6.07) is 26.8. The second kappa shape index (κ2) is 9.97. The third-order valence-corrected chi connectivity index (χ3v) is 7.83. The van der Waals surface area contributed by atoms with E-state index < -0.39 is 0 Å². The molecule has 6 rings (SSSR count). The van der Waals surface area contributed by atoms with Crippen LogP contribution >= 0.6 is 27.7 Å². The van der Waals surface area contributed by atoms with E-state index in [1.807, 2.05) is 30.0 Å². The molecule has 0 fully saturated rings. The lowest BCUT2D eigenvalue weighted by Crippen LogP contribution is -2.08. The van der Waals surface area contributed by atoms with Crippen LogP contribution in [0.5, 0.6) is 0 Å². The number of hydrogen-bond acceptors (Lipinski definition) is 2. The first-order chi connectivity index (χ1) is 15.8. The van der Waals surface area contributed by atoms with Crippen molar-refractivity contribution in [3.8, 4) is 0 Å². The summed E-state index contributed by atoms with van der Waals surface area (Å²) < 4.78 is 5.94. The molecule has 0 N–H and O–H groups in total. The van der Waals surface area contributed by atoms with Crippen LogP contribution < -0.4 is 0 Å². The van der Waals surface area contributed by atoms with Gasteiger partial charge in [-0.1, -0.05) is 70.5 Å². The Morgan fingerprint density at radius 2 is 1.66 bits per heavy atom. The predicted molar refractivity (Wildman–Crippen MR) is 141 cm³/mol. The van der Waals surface area contributed by atoms with Crippen LogP contribution in [0.25, 0.3) is 21.5 Å². The van der Waals surface area contributed by atoms with Gasteiger partial charge in [0, 0.05) is 14.6 Å². The van der Waals surface area contributed by atoms with E-state index in [0.29, 0.717) is 5.25 Å². The number of benzene rings is 4. The molecule has 0 saturated heterocycles. The van der Waals surface area contributed by atoms with Crippen molar-refractivity contribution in [2.75, 3.05) is 6.61 Å². The quantitative estimate of drug-likeness (QED) is 0.254. The molecule has 4 aromatic carbocycles. The average Bonchev–Trinajstić information content (AvgIpc) is 2.86. The molecule has 0 radical (unpaired) electrons. The van der Waals surface area contributed by atoms with E-state index >= 15 is 0 Å². The highest BCUT2D eigenvalue weighted by atomic mass is 79.9. The highest BCUT2D eigenvalue weighted by Crippen LogP contribution is 2.47. The summed E-state index contributed by atoms with van der Waals surface area (Å²) in [6.45, 7) is 0.733. The van der Waals surface area contributed by atoms with Crippen LogP contribution in [-0.2, 0) is 11.2 Å². The fourth-order valence-corrected chi connectivity index (χ4v) is 6.09. The first-order valence-electron chi connectivity index (χ1n) is 11.1. The van der Waals surface area contributed by atoms with Crippen LogP contribution in [0.1, 0.15) is 29.2 Å². The minimum atomic E-state index is 0.532. The largest absolute Gasteiger partial charge is 0.497 e. The number of thioether (sulfide) groups is 1. The van der Waals surface area contributed by atoms with Crippen molar-refractivity contribution in [3.63, 3.8) is 0 Å². The van der Waals surface area contributed by atoms with Crippen molar-refractivity contribution in [1.29, 1.82) is 0 Å². The summed E-state index contributed by atoms with van der Waals surface area (Å²) in [4.78, 5) is 1.35. The zero-order chi connectivity index (χ0) is 21.8. The van der Waals surface area contributed by atoms with E-state index in [1.165, 1.54) is 51.3 Å². The van der Waals surface area contributed by atoms with Gasteiger partial charge in [0.25, 0.3) is 0 Å². The van der Waals surface area contributed by atoms with Gasteiger partial charge in [0.1, 0.15) is 6.61 Å². The smallest absolute Gasteiger partial charge is 0.106 e. The average molecular weight is 501 g/mol. The van der Waals surface area contributed by atoms with Crippen molar-refractivity contribution in [1.82, 2.24) is 0 Å². The number of fused-ring (bicyclic) bond motifs is 5. The van der Waals surface area contributed by atoms with E-state index in [2.05, 4.69) is 88.7 Å². The lowest BCUT2D eigenvalue weighted by molar-refractivity contribution is 0.286. The fourth-order valence-electron chi connectivity index (χ4n) is 4.52. The van der Waals surface area contributed by atoms with Gasteiger partial charge in [-0.05, 0) is 88.4 Å². The molecule has 3 heteroatoms. The lowest BCUT2D eigenvalue weighted by Gasteiger charge is -2.27. The molecule has 1 aliphatic carbocycles. The maximum atomic E-state index is 4.80. The highest BCUT2D eigenvalue weighted by Gasteiger charge is 2.24. The number of aryl methyl sites for hydroxylation is 1. The minimum absolute atomic E-state index is 0.532. The molecular weight excluding hydrogens is 476 g/mol. The van der Waals surface area contributed by atoms with Gasteiger partial charge in [0.15, 0.2) is 0 Å². The van der Waals surface area contributed by atoms with E-state index in [0.717, 1.165) is 11.1 Å². The molecule has 160 valence electrons. The van der Waals surface area contributed by atoms with Crippen molar-refractivity contribution in [3.05, 3.63) is 113 Å². The third-order valence-electron chi connectivity index (χ3n) is 6.00. The molecular formula is C29H25BrOS. The molecule has 0 amide bonds. The Morgan fingerprint density at radius 1 is 0.812 bits per heavy atom. The Bertz CT molecular complexity index is 1280. The summed E-state index contributed by atoms with van der Waals surface area (Å²) >= 11 is 5.56. The van der Waals surface area contributed by atoms with Crippen LogP contribution in [0, 0.1) is 0 Å². The standard InChI is InChI=1S/C24H19BrS.C5H6O/c25-18-10-12-19(13-11-18)26-23-7-3-5-17-9-14-21-20-6-2-1-4-16(20)8-15-22(21)24(17)23;1-2-4-6-5-3-1/h1-2,4,6,8-15,23H,3,5,7H2;1-4H,5H2. The van der Waals surface area contributed by atoms with Gasteiger partial charge in [-0.15, -0.1) is 11.8 Å². The SMILES string of the molecule is Brc1ccc(SC2CCCc3ccc4c(ccc5ccccc54)c32)cc1.C1=CCOC=C1. The summed E-state index contributed by atoms with van der Waals surface area (Å²) in [7, 11) is 0. The summed E-state index contributed by atoms with van der Waals surface area (Å²) in [5.74, 6) is 0. The molecule has 1 aliphatic heterocycles. The second-order valence-corrected chi connectivity index (χ2v) is 10.3. The van der Waals surface area contributed by atoms with Crippen molar-refractivity contribution in [2.24, 2.45) is 0 Å². The normalized spacial score (nSPS) is 16.8. The number of hydrogen-bond donors (Lipinski definition) is 0. The minimum Gasteiger partial charge on any atom is -0.497 e. The molecule has 0 aromatic heterocycles. The maximum Gasteiger partial charge on any atom is 0.106 e. The molecule has 0 bridgehead atoms. The van der Waals surface area contributed by atoms with Gasteiger partial charge in [-0.2, -0.15) is 0 Å². The molecule has 1 heterocycles. The Kier molecular flexibility index (Phi) is 6.66. The number of allylic oxidation sites excluding steroid dienone is 2. The first kappa shape index (κ1) is 21.4. The van der Waals surface area contributed by atoms with E-state index in [9.17, 15) is 0 Å². The Labute approximate surface area is 202 Å². The van der Waals surface area contributed by atoms with Gasteiger partial charge in [0.2, 0.25) is 0 Å². The van der Waals surface area contributed by atoms with Gasteiger partial charge in [-0.3, -0.25) is 0 Å². The van der Waals surface area contributed by atoms with Crippen LogP contribution in [0.4, 0.5) is 0 Å². The summed E-state index contributed by atoms with van der Waals surface area (Å²) in [5, 5.41) is 6.06. The summed E-state index contributed by atoms with van der Waals surface area (Å²) in [5.41, 5.74) is 3.10. The first-order valence-corrected chi connectivity index (χ1v) is 12.8. The maximum absolute atomic E-state index is 4.80. The van der Waals surface area contributed by atoms with Crippen molar-refractivity contribution >= 4 is 49.2 Å². The lowest BCUT2D eigenvalue weighted by atomic mass is 9.86. The van der Waals surface area contributed by atoms with Crippen LogP contribution in [0.2, 0.25) is 0 Å². The number of ether oxygens (including phenoxy) is 1. The van der Waals surface area contributed by atoms with Gasteiger partial charge in [-0.25, -0.2) is 0 Å². The molecule has 1 atom stereocenters. The van der Waals surface area contributed by atoms with E-state index in [4.69, 9.17) is 4.74 Å². The van der Waals surface area contributed by atoms with Gasteiger partial charge >= 0.3 is 0 Å². The third kappa shape index (κ3) is 4.65. The predicted octanol–water partition coefficient (Wildman–Crippen LogP) is 9.01. The molecule has 2 aliphatic rings. The zero-order valence-electron chi connectivity index (χ0n) is 17.8. The fraction of sp³-hybridized carbons (Fsp3) is 0.172. The van der Waals surface area contributed by atoms with Crippen molar-refractivity contribution < 1.29 is 4.74 Å². The van der Waals surface area contributed by atoms with Gasteiger partial charge < -0.3 is 4.74 Å². The topological polar surface area (TPSA) is 9.23 Å². The molecule has 1 unspecified atom stereocenters. The van der Waals surface area contributed by atoms with Crippen molar-refractivity contribution in [2.45, 2.75) is 29.4 Å². The Morgan fingerprint density at radius 3 is 2.41 bits per heavy atom. The second-order valence-electron chi connectivity index (χ2n) is 8.06. The number of rotatable bonds is 2. The van der Waals surface area contributed by atoms with Gasteiger partial charge in [0.05, 0.1) is 6.26 Å². The van der Waals surface area contributed by atoms with Crippen LogP contribution in [-0.4, -0.2) is 6.61 Å². The Hall–Kier alpha value is -2.49. The molecule has 0 saturated carbocycles. The molecule has 4 aromatic rings. The highest BCUT2D eigenvalue weighted by molar-refractivity contribution is 9.10. The van der Waals surface area contributed by atoms with Crippen LogP contribution in [0.15, 0.2) is 107 Å². The summed E-state index contributed by atoms with van der Waals surface area (Å²) in [6.07, 6.45) is 11.2. The van der Waals surface area contributed by atoms with Crippen LogP contribution in [0.3, 0.4) is 0 Å². The van der Waals surface area contributed by atoms with E-state index in [1.54, 1.807) is 11.8 Å². The number of halogens is 1.